The summed E-state index contributed by atoms with van der Waals surface area (Å²) >= 11 is 0. The largest absolute Gasteiger partial charge is 0.380 e. The molecule has 124 valence electrons. The summed E-state index contributed by atoms with van der Waals surface area (Å²) in [5.41, 5.74) is 1.72. The van der Waals surface area contributed by atoms with Gasteiger partial charge in [-0.1, -0.05) is 22.4 Å². The Balaban J connectivity index is 1.44. The van der Waals surface area contributed by atoms with E-state index in [2.05, 4.69) is 10.1 Å². The predicted octanol–water partition coefficient (Wildman–Crippen LogP) is 1.33. The number of carbonyl (C=O) groups is 3. The van der Waals surface area contributed by atoms with E-state index in [1.54, 1.807) is 36.7 Å². The van der Waals surface area contributed by atoms with Crippen LogP contribution in [0, 0.1) is 0 Å². The van der Waals surface area contributed by atoms with Crippen molar-refractivity contribution in [3.05, 3.63) is 65.5 Å². The van der Waals surface area contributed by atoms with Gasteiger partial charge in [0.15, 0.2) is 0 Å². The van der Waals surface area contributed by atoms with Crippen LogP contribution in [0.2, 0.25) is 0 Å². The number of carbonyl (C=O) groups excluding carboxylic acids is 3. The molecule has 4 rings (SSSR count). The van der Waals surface area contributed by atoms with E-state index in [9.17, 15) is 14.4 Å². The van der Waals surface area contributed by atoms with E-state index in [1.807, 2.05) is 0 Å². The zero-order valence-electron chi connectivity index (χ0n) is 12.8. The lowest BCUT2D eigenvalue weighted by Crippen LogP contribution is -2.37. The van der Waals surface area contributed by atoms with Gasteiger partial charge in [-0.3, -0.25) is 14.6 Å². The number of imide groups is 1. The molecule has 1 unspecified atom stereocenters. The normalized spacial score (nSPS) is 18.6. The minimum atomic E-state index is -1.02. The maximum Gasteiger partial charge on any atom is 0.376 e. The number of aromatic nitrogens is 1. The van der Waals surface area contributed by atoms with Gasteiger partial charge in [-0.05, 0) is 24.3 Å². The zero-order chi connectivity index (χ0) is 17.4. The van der Waals surface area contributed by atoms with E-state index in [0.717, 1.165) is 5.56 Å². The highest BCUT2D eigenvalue weighted by atomic mass is 16.7. The standard InChI is InChI=1S/C17H11N3O5/c21-15-11-3-1-2-4-12(11)16(22)20(15)25-17(23)14-9-13(19-24-14)10-5-7-18-8-6-10/h1-8,14H,9H2. The van der Waals surface area contributed by atoms with Crippen molar-refractivity contribution in [1.82, 2.24) is 10.0 Å². The first kappa shape index (κ1) is 15.0. The summed E-state index contributed by atoms with van der Waals surface area (Å²) in [4.78, 5) is 50.6. The minimum absolute atomic E-state index is 0.173. The number of pyridine rings is 1. The molecule has 0 saturated heterocycles. The van der Waals surface area contributed by atoms with Crippen molar-refractivity contribution in [2.45, 2.75) is 12.5 Å². The van der Waals surface area contributed by atoms with Gasteiger partial charge in [-0.2, -0.15) is 0 Å². The molecule has 2 aromatic rings. The van der Waals surface area contributed by atoms with E-state index in [1.165, 1.54) is 12.1 Å². The number of hydrogen-bond acceptors (Lipinski definition) is 7. The van der Waals surface area contributed by atoms with Crippen molar-refractivity contribution in [3.8, 4) is 0 Å². The Morgan fingerprint density at radius 2 is 1.72 bits per heavy atom. The smallest absolute Gasteiger partial charge is 0.376 e. The summed E-state index contributed by atoms with van der Waals surface area (Å²) in [6.45, 7) is 0. The monoisotopic (exact) mass is 337 g/mol. The molecule has 1 atom stereocenters. The fourth-order valence-electron chi connectivity index (χ4n) is 2.62. The van der Waals surface area contributed by atoms with Crippen LogP contribution in [0.4, 0.5) is 0 Å². The molecular weight excluding hydrogens is 326 g/mol. The summed E-state index contributed by atoms with van der Waals surface area (Å²) in [5.74, 6) is -2.22. The van der Waals surface area contributed by atoms with Gasteiger partial charge >= 0.3 is 5.97 Å². The van der Waals surface area contributed by atoms with E-state index < -0.39 is 23.9 Å². The van der Waals surface area contributed by atoms with Crippen LogP contribution >= 0.6 is 0 Å². The van der Waals surface area contributed by atoms with Gasteiger partial charge in [0.05, 0.1) is 16.8 Å². The van der Waals surface area contributed by atoms with Crippen molar-refractivity contribution >= 4 is 23.5 Å². The topological polar surface area (TPSA) is 98.2 Å². The Morgan fingerprint density at radius 3 is 2.36 bits per heavy atom. The SMILES string of the molecule is O=C(ON1C(=O)c2ccccc2C1=O)C1CC(c2ccncc2)=NO1. The zero-order valence-corrected chi connectivity index (χ0v) is 12.8. The third kappa shape index (κ3) is 2.53. The van der Waals surface area contributed by atoms with Gasteiger partial charge in [-0.15, -0.1) is 0 Å². The number of hydroxylamine groups is 2. The molecule has 0 N–H and O–H groups in total. The molecule has 1 aromatic heterocycles. The molecule has 0 spiro atoms. The second-order valence-corrected chi connectivity index (χ2v) is 5.43. The van der Waals surface area contributed by atoms with Crippen molar-refractivity contribution < 1.29 is 24.1 Å². The average Bonchev–Trinajstić information content (AvgIpc) is 3.23. The summed E-state index contributed by atoms with van der Waals surface area (Å²) < 4.78 is 0. The van der Waals surface area contributed by atoms with Crippen LogP contribution in [0.25, 0.3) is 0 Å². The highest BCUT2D eigenvalue weighted by molar-refractivity contribution is 6.21. The van der Waals surface area contributed by atoms with E-state index in [4.69, 9.17) is 9.68 Å². The van der Waals surface area contributed by atoms with E-state index in [-0.39, 0.29) is 17.5 Å². The van der Waals surface area contributed by atoms with Crippen molar-refractivity contribution in [2.24, 2.45) is 5.16 Å². The van der Waals surface area contributed by atoms with Gasteiger partial charge in [0.25, 0.3) is 11.8 Å². The summed E-state index contributed by atoms with van der Waals surface area (Å²) in [6.07, 6.45) is 2.35. The summed E-state index contributed by atoms with van der Waals surface area (Å²) in [7, 11) is 0. The minimum Gasteiger partial charge on any atom is -0.380 e. The highest BCUT2D eigenvalue weighted by Gasteiger charge is 2.41. The van der Waals surface area contributed by atoms with Crippen LogP contribution in [0.1, 0.15) is 32.7 Å². The van der Waals surface area contributed by atoms with Crippen LogP contribution in [0.15, 0.2) is 53.9 Å². The first-order chi connectivity index (χ1) is 12.1. The fraction of sp³-hybridized carbons (Fsp3) is 0.118. The second kappa shape index (κ2) is 5.82. The Morgan fingerprint density at radius 1 is 1.08 bits per heavy atom. The molecule has 2 aliphatic heterocycles. The molecular formula is C17H11N3O5. The van der Waals surface area contributed by atoms with Crippen LogP contribution < -0.4 is 0 Å². The molecule has 2 amide bonds. The maximum absolute atomic E-state index is 12.2. The van der Waals surface area contributed by atoms with Crippen LogP contribution in [-0.2, 0) is 14.5 Å². The molecule has 8 nitrogen and oxygen atoms in total. The average molecular weight is 337 g/mol. The quantitative estimate of drug-likeness (QED) is 0.784. The molecule has 2 aliphatic rings. The van der Waals surface area contributed by atoms with Gasteiger partial charge in [0.1, 0.15) is 0 Å². The number of hydrogen-bond donors (Lipinski definition) is 0. The van der Waals surface area contributed by atoms with Gasteiger partial charge in [0.2, 0.25) is 6.10 Å². The molecule has 1 aromatic carbocycles. The summed E-state index contributed by atoms with van der Waals surface area (Å²) in [5, 5.41) is 4.32. The first-order valence-electron chi connectivity index (χ1n) is 7.48. The molecule has 25 heavy (non-hydrogen) atoms. The molecule has 8 heteroatoms. The number of nitrogens with zero attached hydrogens (tertiary/aromatic N) is 3. The van der Waals surface area contributed by atoms with Crippen LogP contribution in [-0.4, -0.2) is 39.6 Å². The lowest BCUT2D eigenvalue weighted by Gasteiger charge is -2.14. The van der Waals surface area contributed by atoms with Crippen molar-refractivity contribution in [2.75, 3.05) is 0 Å². The fourth-order valence-corrected chi connectivity index (χ4v) is 2.62. The summed E-state index contributed by atoms with van der Waals surface area (Å²) in [6, 6.07) is 9.73. The Labute approximate surface area is 141 Å². The lowest BCUT2D eigenvalue weighted by molar-refractivity contribution is -0.180. The molecule has 0 radical (unpaired) electrons. The van der Waals surface area contributed by atoms with Crippen molar-refractivity contribution in [3.63, 3.8) is 0 Å². The van der Waals surface area contributed by atoms with Crippen molar-refractivity contribution in [1.29, 1.82) is 0 Å². The number of fused-ring (bicyclic) bond motifs is 1. The van der Waals surface area contributed by atoms with Crippen LogP contribution in [0.3, 0.4) is 0 Å². The van der Waals surface area contributed by atoms with Gasteiger partial charge < -0.3 is 9.68 Å². The molecule has 0 aliphatic carbocycles. The number of rotatable bonds is 3. The highest BCUT2D eigenvalue weighted by Crippen LogP contribution is 2.24. The third-order valence-electron chi connectivity index (χ3n) is 3.88. The van der Waals surface area contributed by atoms with E-state index >= 15 is 0 Å². The first-order valence-corrected chi connectivity index (χ1v) is 7.48. The third-order valence-corrected chi connectivity index (χ3v) is 3.88. The Hall–Kier alpha value is -3.55. The lowest BCUT2D eigenvalue weighted by atomic mass is 10.1. The maximum atomic E-state index is 12.2. The van der Waals surface area contributed by atoms with Crippen LogP contribution in [0.5, 0.6) is 0 Å². The second-order valence-electron chi connectivity index (χ2n) is 5.43. The Kier molecular flexibility index (Phi) is 3.50. The molecule has 3 heterocycles. The van der Waals surface area contributed by atoms with Gasteiger partial charge in [0, 0.05) is 24.4 Å². The Bertz CT molecular complexity index is 875. The molecule has 0 saturated carbocycles. The number of benzene rings is 1. The molecule has 0 bridgehead atoms. The predicted molar refractivity (Wildman–Crippen MR) is 83.3 cm³/mol. The molecule has 0 fully saturated rings. The number of amides is 2. The van der Waals surface area contributed by atoms with Gasteiger partial charge in [-0.25, -0.2) is 4.79 Å². The number of oxime groups is 1. The van der Waals surface area contributed by atoms with E-state index in [0.29, 0.717) is 10.8 Å².